The maximum absolute atomic E-state index is 12.3. The highest BCUT2D eigenvalue weighted by molar-refractivity contribution is 7.91. The Hall–Kier alpha value is -1.96. The Labute approximate surface area is 141 Å². The molecule has 7 nitrogen and oxygen atoms in total. The first-order chi connectivity index (χ1) is 11.4. The summed E-state index contributed by atoms with van der Waals surface area (Å²) in [5.74, 6) is -0.607. The van der Waals surface area contributed by atoms with Gasteiger partial charge in [-0.3, -0.25) is 14.6 Å². The van der Waals surface area contributed by atoms with Crippen molar-refractivity contribution in [3.63, 3.8) is 0 Å². The summed E-state index contributed by atoms with van der Waals surface area (Å²) in [7, 11) is -3.06. The molecule has 1 aliphatic heterocycles. The fraction of sp³-hybridized carbons (Fsp3) is 0.562. The molecule has 1 saturated carbocycles. The third-order valence-corrected chi connectivity index (χ3v) is 6.28. The summed E-state index contributed by atoms with van der Waals surface area (Å²) in [6.07, 6.45) is 6.05. The van der Waals surface area contributed by atoms with Crippen LogP contribution in [0.5, 0.6) is 0 Å². The van der Waals surface area contributed by atoms with E-state index in [0.717, 1.165) is 25.7 Å². The van der Waals surface area contributed by atoms with E-state index < -0.39 is 15.7 Å². The van der Waals surface area contributed by atoms with Crippen LogP contribution < -0.4 is 10.6 Å². The molecule has 0 aromatic carbocycles. The zero-order chi connectivity index (χ0) is 17.2. The number of amides is 2. The first-order valence-electron chi connectivity index (χ1n) is 8.21. The van der Waals surface area contributed by atoms with Gasteiger partial charge in [-0.2, -0.15) is 0 Å². The number of nitrogens with zero attached hydrogens (tertiary/aromatic N) is 1. The minimum atomic E-state index is -3.06. The number of aromatic nitrogens is 1. The van der Waals surface area contributed by atoms with E-state index in [4.69, 9.17) is 0 Å². The highest BCUT2D eigenvalue weighted by Gasteiger charge is 2.29. The SMILES string of the molecule is O=C(NC1CCCC1)c1ccnc(C(=O)NC2CCS(=O)(=O)C2)c1. The third-order valence-electron chi connectivity index (χ3n) is 4.51. The van der Waals surface area contributed by atoms with Crippen LogP contribution in [-0.2, 0) is 9.84 Å². The van der Waals surface area contributed by atoms with Gasteiger partial charge in [-0.1, -0.05) is 12.8 Å². The van der Waals surface area contributed by atoms with E-state index in [2.05, 4.69) is 15.6 Å². The number of pyridine rings is 1. The molecule has 1 unspecified atom stereocenters. The van der Waals surface area contributed by atoms with E-state index in [1.807, 2.05) is 0 Å². The summed E-state index contributed by atoms with van der Waals surface area (Å²) in [4.78, 5) is 28.5. The predicted molar refractivity (Wildman–Crippen MR) is 88.5 cm³/mol. The number of sulfone groups is 1. The zero-order valence-electron chi connectivity index (χ0n) is 13.3. The van der Waals surface area contributed by atoms with Gasteiger partial charge in [0.15, 0.2) is 9.84 Å². The quantitative estimate of drug-likeness (QED) is 0.829. The van der Waals surface area contributed by atoms with E-state index in [1.165, 1.54) is 12.3 Å². The third kappa shape index (κ3) is 4.11. The van der Waals surface area contributed by atoms with Crippen LogP contribution >= 0.6 is 0 Å². The molecule has 24 heavy (non-hydrogen) atoms. The lowest BCUT2D eigenvalue weighted by molar-refractivity contribution is 0.0936. The van der Waals surface area contributed by atoms with Gasteiger partial charge in [0, 0.05) is 23.8 Å². The van der Waals surface area contributed by atoms with Crippen molar-refractivity contribution < 1.29 is 18.0 Å². The molecule has 1 atom stereocenters. The molecule has 1 aromatic rings. The van der Waals surface area contributed by atoms with Gasteiger partial charge in [0.25, 0.3) is 11.8 Å². The monoisotopic (exact) mass is 351 g/mol. The Morgan fingerprint density at radius 1 is 1.04 bits per heavy atom. The molecule has 0 radical (unpaired) electrons. The molecule has 2 heterocycles. The van der Waals surface area contributed by atoms with Crippen LogP contribution in [-0.4, -0.2) is 48.8 Å². The zero-order valence-corrected chi connectivity index (χ0v) is 14.1. The van der Waals surface area contributed by atoms with E-state index in [0.29, 0.717) is 12.0 Å². The average molecular weight is 351 g/mol. The van der Waals surface area contributed by atoms with Crippen LogP contribution in [0.25, 0.3) is 0 Å². The number of hydrogen-bond donors (Lipinski definition) is 2. The van der Waals surface area contributed by atoms with E-state index in [1.54, 1.807) is 6.07 Å². The van der Waals surface area contributed by atoms with Crippen LogP contribution in [0.3, 0.4) is 0 Å². The lowest BCUT2D eigenvalue weighted by Crippen LogP contribution is -2.36. The Bertz CT molecular complexity index is 741. The van der Waals surface area contributed by atoms with Crippen LogP contribution in [0.1, 0.15) is 53.0 Å². The van der Waals surface area contributed by atoms with Crippen LogP contribution in [0, 0.1) is 0 Å². The maximum Gasteiger partial charge on any atom is 0.270 e. The summed E-state index contributed by atoms with van der Waals surface area (Å²) in [6.45, 7) is 0. The molecule has 1 aromatic heterocycles. The first kappa shape index (κ1) is 16.9. The minimum absolute atomic E-state index is 0.0411. The molecule has 8 heteroatoms. The molecule has 2 amide bonds. The second-order valence-electron chi connectivity index (χ2n) is 6.46. The Morgan fingerprint density at radius 3 is 2.42 bits per heavy atom. The van der Waals surface area contributed by atoms with E-state index >= 15 is 0 Å². The number of carbonyl (C=O) groups excluding carboxylic acids is 2. The Morgan fingerprint density at radius 2 is 1.75 bits per heavy atom. The molecule has 3 rings (SSSR count). The summed E-state index contributed by atoms with van der Waals surface area (Å²) in [5, 5.41) is 5.65. The molecule has 130 valence electrons. The summed E-state index contributed by atoms with van der Waals surface area (Å²) >= 11 is 0. The fourth-order valence-corrected chi connectivity index (χ4v) is 4.88. The maximum atomic E-state index is 12.3. The van der Waals surface area contributed by atoms with Crippen molar-refractivity contribution in [3.05, 3.63) is 29.6 Å². The van der Waals surface area contributed by atoms with Gasteiger partial charge in [-0.25, -0.2) is 8.42 Å². The molecule has 2 aliphatic rings. The second kappa shape index (κ2) is 6.88. The summed E-state index contributed by atoms with van der Waals surface area (Å²) in [5.41, 5.74) is 0.513. The van der Waals surface area contributed by atoms with Gasteiger partial charge in [-0.15, -0.1) is 0 Å². The smallest absolute Gasteiger partial charge is 0.270 e. The predicted octanol–water partition coefficient (Wildman–Crippen LogP) is 0.671. The van der Waals surface area contributed by atoms with Gasteiger partial charge >= 0.3 is 0 Å². The summed E-state index contributed by atoms with van der Waals surface area (Å²) < 4.78 is 22.9. The van der Waals surface area contributed by atoms with Crippen molar-refractivity contribution in [2.45, 2.75) is 44.2 Å². The highest BCUT2D eigenvalue weighted by Crippen LogP contribution is 2.18. The van der Waals surface area contributed by atoms with Crippen molar-refractivity contribution in [3.8, 4) is 0 Å². The molecule has 1 aliphatic carbocycles. The van der Waals surface area contributed by atoms with Crippen LogP contribution in [0.2, 0.25) is 0 Å². The van der Waals surface area contributed by atoms with Gasteiger partial charge in [0.1, 0.15) is 5.69 Å². The number of hydrogen-bond acceptors (Lipinski definition) is 5. The lowest BCUT2D eigenvalue weighted by atomic mass is 10.1. The van der Waals surface area contributed by atoms with E-state index in [9.17, 15) is 18.0 Å². The van der Waals surface area contributed by atoms with Crippen molar-refractivity contribution in [1.82, 2.24) is 15.6 Å². The molecule has 2 fully saturated rings. The minimum Gasteiger partial charge on any atom is -0.349 e. The first-order valence-corrected chi connectivity index (χ1v) is 10.0. The lowest BCUT2D eigenvalue weighted by Gasteiger charge is -2.13. The van der Waals surface area contributed by atoms with Gasteiger partial charge in [-0.05, 0) is 31.4 Å². The van der Waals surface area contributed by atoms with Crippen molar-refractivity contribution in [1.29, 1.82) is 0 Å². The second-order valence-corrected chi connectivity index (χ2v) is 8.69. The summed E-state index contributed by atoms with van der Waals surface area (Å²) in [6, 6.07) is 2.83. The molecule has 1 saturated heterocycles. The van der Waals surface area contributed by atoms with Crippen LogP contribution in [0.4, 0.5) is 0 Å². The fourth-order valence-electron chi connectivity index (χ4n) is 3.20. The number of rotatable bonds is 4. The standard InChI is InChI=1S/C16H21N3O4S/c20-15(18-12-3-1-2-4-12)11-5-7-17-14(9-11)16(21)19-13-6-8-24(22,23)10-13/h5,7,9,12-13H,1-4,6,8,10H2,(H,18,20)(H,19,21). The molecular weight excluding hydrogens is 330 g/mol. The van der Waals surface area contributed by atoms with Crippen molar-refractivity contribution in [2.75, 3.05) is 11.5 Å². The number of nitrogens with one attached hydrogen (secondary N) is 2. The Kier molecular flexibility index (Phi) is 4.84. The van der Waals surface area contributed by atoms with Gasteiger partial charge in [0.2, 0.25) is 0 Å². The van der Waals surface area contributed by atoms with Gasteiger partial charge < -0.3 is 10.6 Å². The van der Waals surface area contributed by atoms with Crippen molar-refractivity contribution >= 4 is 21.7 Å². The molecular formula is C16H21N3O4S. The number of carbonyl (C=O) groups is 2. The molecule has 0 bridgehead atoms. The average Bonchev–Trinajstić information content (AvgIpc) is 3.17. The molecule has 2 N–H and O–H groups in total. The van der Waals surface area contributed by atoms with Crippen molar-refractivity contribution in [2.24, 2.45) is 0 Å². The topological polar surface area (TPSA) is 105 Å². The normalized spacial score (nSPS) is 23.1. The van der Waals surface area contributed by atoms with Crippen LogP contribution in [0.15, 0.2) is 18.3 Å². The molecule has 0 spiro atoms. The highest BCUT2D eigenvalue weighted by atomic mass is 32.2. The Balaban J connectivity index is 1.63. The van der Waals surface area contributed by atoms with Gasteiger partial charge in [0.05, 0.1) is 11.5 Å². The largest absolute Gasteiger partial charge is 0.349 e. The van der Waals surface area contributed by atoms with E-state index in [-0.39, 0.29) is 35.2 Å².